The van der Waals surface area contributed by atoms with Crippen LogP contribution >= 0.6 is 11.8 Å². The lowest BCUT2D eigenvalue weighted by Crippen LogP contribution is -2.28. The fourth-order valence-corrected chi connectivity index (χ4v) is 6.75. The summed E-state index contributed by atoms with van der Waals surface area (Å²) < 4.78 is 34.0. The molecule has 2 amide bonds. The van der Waals surface area contributed by atoms with E-state index in [0.717, 1.165) is 18.5 Å². The number of sulfonamides is 1. The van der Waals surface area contributed by atoms with Gasteiger partial charge >= 0.3 is 0 Å². The monoisotopic (exact) mass is 606 g/mol. The van der Waals surface area contributed by atoms with E-state index < -0.39 is 10.0 Å². The van der Waals surface area contributed by atoms with Gasteiger partial charge in [0.15, 0.2) is 11.0 Å². The minimum absolute atomic E-state index is 0.0627. The first-order chi connectivity index (χ1) is 20.3. The summed E-state index contributed by atoms with van der Waals surface area (Å²) in [5.41, 5.74) is 1.75. The summed E-state index contributed by atoms with van der Waals surface area (Å²) in [5, 5.41) is 14.7. The number of nitrogens with zero attached hydrogens (tertiary/aromatic N) is 4. The molecular weight excluding hydrogens is 576 g/mol. The van der Waals surface area contributed by atoms with E-state index in [1.165, 1.54) is 40.3 Å². The first-order valence-electron chi connectivity index (χ1n) is 13.3. The first kappa shape index (κ1) is 29.3. The number of thioether (sulfide) groups is 1. The minimum atomic E-state index is -3.56. The topological polar surface area (TPSA) is 136 Å². The van der Waals surface area contributed by atoms with Gasteiger partial charge in [-0.15, -0.1) is 10.2 Å². The molecule has 1 aromatic heterocycles. The van der Waals surface area contributed by atoms with Gasteiger partial charge in [-0.2, -0.15) is 4.31 Å². The fourth-order valence-electron chi connectivity index (χ4n) is 4.46. The predicted octanol–water partition coefficient (Wildman–Crippen LogP) is 3.72. The normalized spacial score (nSPS) is 13.5. The third kappa shape index (κ3) is 6.81. The average molecular weight is 607 g/mol. The van der Waals surface area contributed by atoms with Crippen LogP contribution in [-0.4, -0.2) is 65.3 Å². The second-order valence-corrected chi connectivity index (χ2v) is 12.3. The predicted molar refractivity (Wildman–Crippen MR) is 159 cm³/mol. The van der Waals surface area contributed by atoms with Gasteiger partial charge in [-0.25, -0.2) is 8.42 Å². The van der Waals surface area contributed by atoms with Crippen LogP contribution in [0, 0.1) is 0 Å². The molecule has 1 fully saturated rings. The molecule has 0 radical (unpaired) electrons. The van der Waals surface area contributed by atoms with E-state index in [9.17, 15) is 18.0 Å². The lowest BCUT2D eigenvalue weighted by molar-refractivity contribution is -0.113. The standard InChI is InChI=1S/C29H30N6O5S2/c1-40-24-13-11-22(12-14-24)31-27(36)20-41-29-33-32-26(35(29)23-7-3-2-4-8-23)19-30-28(37)21-9-15-25(16-10-21)42(38,39)34-17-5-6-18-34/h2-4,7-16H,5-6,17-20H2,1H3,(H,30,37)(H,31,36). The molecule has 1 aliphatic heterocycles. The summed E-state index contributed by atoms with van der Waals surface area (Å²) in [6, 6.07) is 22.4. The molecule has 2 N–H and O–H groups in total. The molecule has 1 aliphatic rings. The van der Waals surface area contributed by atoms with Crippen molar-refractivity contribution in [3.05, 3.63) is 90.3 Å². The molecule has 0 saturated carbocycles. The highest BCUT2D eigenvalue weighted by Gasteiger charge is 2.27. The Morgan fingerprint density at radius 3 is 2.29 bits per heavy atom. The maximum atomic E-state index is 12.9. The van der Waals surface area contributed by atoms with Crippen LogP contribution in [0.5, 0.6) is 5.75 Å². The molecule has 4 aromatic rings. The summed E-state index contributed by atoms with van der Waals surface area (Å²) >= 11 is 1.22. The van der Waals surface area contributed by atoms with Crippen LogP contribution < -0.4 is 15.4 Å². The Hall–Kier alpha value is -4.20. The van der Waals surface area contributed by atoms with Crippen LogP contribution in [0.25, 0.3) is 5.69 Å². The number of carbonyl (C=O) groups is 2. The van der Waals surface area contributed by atoms with Gasteiger partial charge < -0.3 is 15.4 Å². The van der Waals surface area contributed by atoms with Gasteiger partial charge in [-0.3, -0.25) is 14.2 Å². The summed E-state index contributed by atoms with van der Waals surface area (Å²) in [6.07, 6.45) is 1.70. The zero-order chi connectivity index (χ0) is 29.5. The average Bonchev–Trinajstić information content (AvgIpc) is 3.71. The van der Waals surface area contributed by atoms with Crippen LogP contribution in [0.3, 0.4) is 0 Å². The van der Waals surface area contributed by atoms with Gasteiger partial charge in [-0.1, -0.05) is 30.0 Å². The van der Waals surface area contributed by atoms with Crippen molar-refractivity contribution in [3.8, 4) is 11.4 Å². The van der Waals surface area contributed by atoms with Crippen molar-refractivity contribution in [1.82, 2.24) is 24.4 Å². The number of benzene rings is 3. The summed E-state index contributed by atoms with van der Waals surface area (Å²) in [4.78, 5) is 25.7. The smallest absolute Gasteiger partial charge is 0.251 e. The first-order valence-corrected chi connectivity index (χ1v) is 15.7. The van der Waals surface area contributed by atoms with Crippen molar-refractivity contribution in [2.45, 2.75) is 29.4 Å². The molecule has 0 bridgehead atoms. The number of para-hydroxylation sites is 1. The van der Waals surface area contributed by atoms with E-state index >= 15 is 0 Å². The molecule has 0 atom stereocenters. The van der Waals surface area contributed by atoms with Crippen LogP contribution in [0.15, 0.2) is 88.9 Å². The molecule has 5 rings (SSSR count). The van der Waals surface area contributed by atoms with E-state index in [1.807, 2.05) is 30.3 Å². The molecule has 11 nitrogen and oxygen atoms in total. The Labute approximate surface area is 248 Å². The highest BCUT2D eigenvalue weighted by atomic mass is 32.2. The molecule has 1 saturated heterocycles. The van der Waals surface area contributed by atoms with Gasteiger partial charge in [0, 0.05) is 30.0 Å². The number of anilines is 1. The molecule has 3 aromatic carbocycles. The Morgan fingerprint density at radius 1 is 0.929 bits per heavy atom. The van der Waals surface area contributed by atoms with E-state index in [-0.39, 0.29) is 29.0 Å². The summed E-state index contributed by atoms with van der Waals surface area (Å²) in [7, 11) is -1.98. The molecular formula is C29H30N6O5S2. The minimum Gasteiger partial charge on any atom is -0.497 e. The van der Waals surface area contributed by atoms with E-state index in [4.69, 9.17) is 4.74 Å². The molecule has 0 unspecified atom stereocenters. The fraction of sp³-hybridized carbons (Fsp3) is 0.241. The van der Waals surface area contributed by atoms with Crippen molar-refractivity contribution >= 4 is 39.3 Å². The van der Waals surface area contributed by atoms with Gasteiger partial charge in [-0.05, 0) is 73.5 Å². The Bertz CT molecular complexity index is 1640. The zero-order valence-electron chi connectivity index (χ0n) is 22.9. The van der Waals surface area contributed by atoms with Crippen LogP contribution in [0.1, 0.15) is 29.0 Å². The molecule has 0 aliphatic carbocycles. The van der Waals surface area contributed by atoms with E-state index in [2.05, 4.69) is 20.8 Å². The van der Waals surface area contributed by atoms with Crippen molar-refractivity contribution in [3.63, 3.8) is 0 Å². The third-order valence-electron chi connectivity index (χ3n) is 6.65. The van der Waals surface area contributed by atoms with Crippen molar-refractivity contribution in [2.75, 3.05) is 31.3 Å². The maximum Gasteiger partial charge on any atom is 0.251 e. The Kier molecular flexibility index (Phi) is 9.20. The lowest BCUT2D eigenvalue weighted by atomic mass is 10.2. The maximum absolute atomic E-state index is 12.9. The molecule has 218 valence electrons. The van der Waals surface area contributed by atoms with Crippen LogP contribution in [0.4, 0.5) is 5.69 Å². The summed E-state index contributed by atoms with van der Waals surface area (Å²) in [6.45, 7) is 1.09. The number of hydrogen-bond acceptors (Lipinski definition) is 8. The number of amides is 2. The number of carbonyl (C=O) groups excluding carboxylic acids is 2. The Balaban J connectivity index is 1.25. The molecule has 2 heterocycles. The van der Waals surface area contributed by atoms with E-state index in [0.29, 0.717) is 41.1 Å². The number of ether oxygens (including phenoxy) is 1. The quantitative estimate of drug-likeness (QED) is 0.247. The molecule has 42 heavy (non-hydrogen) atoms. The van der Waals surface area contributed by atoms with Crippen LogP contribution in [0.2, 0.25) is 0 Å². The SMILES string of the molecule is COc1ccc(NC(=O)CSc2nnc(CNC(=O)c3ccc(S(=O)(=O)N4CCCC4)cc3)n2-c2ccccc2)cc1. The van der Waals surface area contributed by atoms with Crippen LogP contribution in [-0.2, 0) is 21.4 Å². The zero-order valence-corrected chi connectivity index (χ0v) is 24.5. The number of nitrogens with one attached hydrogen (secondary N) is 2. The Morgan fingerprint density at radius 2 is 1.62 bits per heavy atom. The lowest BCUT2D eigenvalue weighted by Gasteiger charge is -2.15. The highest BCUT2D eigenvalue weighted by molar-refractivity contribution is 7.99. The van der Waals surface area contributed by atoms with Gasteiger partial charge in [0.25, 0.3) is 5.91 Å². The number of methoxy groups -OCH3 is 1. The number of aromatic nitrogens is 3. The van der Waals surface area contributed by atoms with Crippen molar-refractivity contribution in [1.29, 1.82) is 0 Å². The molecule has 13 heteroatoms. The molecule has 0 spiro atoms. The largest absolute Gasteiger partial charge is 0.497 e. The van der Waals surface area contributed by atoms with Crippen molar-refractivity contribution in [2.24, 2.45) is 0 Å². The summed E-state index contributed by atoms with van der Waals surface area (Å²) in [5.74, 6) is 0.672. The number of hydrogen-bond donors (Lipinski definition) is 2. The number of rotatable bonds is 11. The second-order valence-electron chi connectivity index (χ2n) is 9.45. The van der Waals surface area contributed by atoms with Gasteiger partial charge in [0.1, 0.15) is 5.75 Å². The van der Waals surface area contributed by atoms with Gasteiger partial charge in [0.05, 0.1) is 24.3 Å². The second kappa shape index (κ2) is 13.2. The highest BCUT2D eigenvalue weighted by Crippen LogP contribution is 2.24. The third-order valence-corrected chi connectivity index (χ3v) is 9.49. The van der Waals surface area contributed by atoms with Gasteiger partial charge in [0.2, 0.25) is 15.9 Å². The van der Waals surface area contributed by atoms with Crippen molar-refractivity contribution < 1.29 is 22.7 Å². The van der Waals surface area contributed by atoms with E-state index in [1.54, 1.807) is 35.9 Å².